The lowest BCUT2D eigenvalue weighted by Gasteiger charge is -2.14. The fourth-order valence-corrected chi connectivity index (χ4v) is 2.68. The van der Waals surface area contributed by atoms with Crippen LogP contribution in [0.4, 0.5) is 0 Å². The number of thiol groups is 1. The molecular formula is C10H13NOS2. The maximum Gasteiger partial charge on any atom is 0.223 e. The fourth-order valence-electron chi connectivity index (χ4n) is 1.72. The van der Waals surface area contributed by atoms with Gasteiger partial charge in [-0.3, -0.25) is 4.79 Å². The molecule has 1 atom stereocenters. The van der Waals surface area contributed by atoms with Crippen LogP contribution in [0.15, 0.2) is 17.5 Å². The van der Waals surface area contributed by atoms with Crippen molar-refractivity contribution < 1.29 is 4.79 Å². The van der Waals surface area contributed by atoms with Gasteiger partial charge in [0.1, 0.15) is 0 Å². The van der Waals surface area contributed by atoms with E-state index < -0.39 is 0 Å². The normalized spacial score (nSPS) is 21.9. The highest BCUT2D eigenvalue weighted by Gasteiger charge is 2.28. The number of hydrogen-bond acceptors (Lipinski definition) is 3. The number of rotatable bonds is 3. The SMILES string of the molecule is O=C1CC(CS)CN1Cc1cccs1. The summed E-state index contributed by atoms with van der Waals surface area (Å²) in [7, 11) is 0. The van der Waals surface area contributed by atoms with Crippen LogP contribution < -0.4 is 0 Å². The van der Waals surface area contributed by atoms with Gasteiger partial charge in [0.15, 0.2) is 0 Å². The molecule has 0 bridgehead atoms. The van der Waals surface area contributed by atoms with Crippen LogP contribution in [0.2, 0.25) is 0 Å². The van der Waals surface area contributed by atoms with Crippen LogP contribution >= 0.6 is 24.0 Å². The fraction of sp³-hybridized carbons (Fsp3) is 0.500. The van der Waals surface area contributed by atoms with E-state index in [0.29, 0.717) is 12.3 Å². The topological polar surface area (TPSA) is 20.3 Å². The number of amides is 1. The Morgan fingerprint density at radius 2 is 2.50 bits per heavy atom. The third kappa shape index (κ3) is 2.12. The predicted molar refractivity (Wildman–Crippen MR) is 61.7 cm³/mol. The zero-order valence-corrected chi connectivity index (χ0v) is 9.56. The van der Waals surface area contributed by atoms with Gasteiger partial charge in [-0.15, -0.1) is 11.3 Å². The Bertz CT molecular complexity index is 310. The van der Waals surface area contributed by atoms with Crippen molar-refractivity contribution in [3.05, 3.63) is 22.4 Å². The van der Waals surface area contributed by atoms with E-state index in [0.717, 1.165) is 18.8 Å². The molecule has 76 valence electrons. The average molecular weight is 227 g/mol. The number of thiophene rings is 1. The molecule has 1 saturated heterocycles. The lowest BCUT2D eigenvalue weighted by molar-refractivity contribution is -0.128. The summed E-state index contributed by atoms with van der Waals surface area (Å²) >= 11 is 5.94. The number of likely N-dealkylation sites (tertiary alicyclic amines) is 1. The quantitative estimate of drug-likeness (QED) is 0.783. The van der Waals surface area contributed by atoms with Gasteiger partial charge in [0.05, 0.1) is 6.54 Å². The lowest BCUT2D eigenvalue weighted by atomic mass is 10.1. The van der Waals surface area contributed by atoms with E-state index in [1.54, 1.807) is 11.3 Å². The highest BCUT2D eigenvalue weighted by atomic mass is 32.1. The van der Waals surface area contributed by atoms with Crippen molar-refractivity contribution in [2.45, 2.75) is 13.0 Å². The molecule has 14 heavy (non-hydrogen) atoms. The van der Waals surface area contributed by atoms with Gasteiger partial charge in [-0.2, -0.15) is 12.6 Å². The Kier molecular flexibility index (Phi) is 3.13. The molecule has 1 aromatic heterocycles. The molecule has 4 heteroatoms. The molecule has 2 nitrogen and oxygen atoms in total. The molecule has 1 aromatic rings. The van der Waals surface area contributed by atoms with E-state index in [1.807, 2.05) is 16.3 Å². The molecule has 1 aliphatic rings. The molecule has 0 saturated carbocycles. The van der Waals surface area contributed by atoms with E-state index in [2.05, 4.69) is 18.7 Å². The maximum absolute atomic E-state index is 11.6. The Morgan fingerprint density at radius 1 is 1.64 bits per heavy atom. The number of hydrogen-bond donors (Lipinski definition) is 1. The minimum Gasteiger partial charge on any atom is -0.337 e. The molecule has 1 unspecified atom stereocenters. The summed E-state index contributed by atoms with van der Waals surface area (Å²) in [5, 5.41) is 2.05. The van der Waals surface area contributed by atoms with Gasteiger partial charge < -0.3 is 4.90 Å². The molecule has 0 spiro atoms. The predicted octanol–water partition coefficient (Wildman–Crippen LogP) is 2.03. The monoisotopic (exact) mass is 227 g/mol. The second kappa shape index (κ2) is 4.36. The highest BCUT2D eigenvalue weighted by Crippen LogP contribution is 2.22. The molecule has 1 amide bonds. The van der Waals surface area contributed by atoms with E-state index in [-0.39, 0.29) is 5.91 Å². The van der Waals surface area contributed by atoms with Crippen molar-refractivity contribution in [1.82, 2.24) is 4.90 Å². The molecule has 0 aromatic carbocycles. The Balaban J connectivity index is 1.96. The first-order valence-electron chi connectivity index (χ1n) is 4.70. The molecule has 0 aliphatic carbocycles. The smallest absolute Gasteiger partial charge is 0.223 e. The summed E-state index contributed by atoms with van der Waals surface area (Å²) in [4.78, 5) is 14.8. The van der Waals surface area contributed by atoms with E-state index in [9.17, 15) is 4.79 Å². The third-order valence-electron chi connectivity index (χ3n) is 2.48. The zero-order chi connectivity index (χ0) is 9.97. The summed E-state index contributed by atoms with van der Waals surface area (Å²) in [5.74, 6) is 1.54. The first kappa shape index (κ1) is 10.1. The van der Waals surface area contributed by atoms with Gasteiger partial charge >= 0.3 is 0 Å². The lowest BCUT2D eigenvalue weighted by Crippen LogP contribution is -2.24. The molecule has 2 heterocycles. The molecular weight excluding hydrogens is 214 g/mol. The van der Waals surface area contributed by atoms with E-state index in [4.69, 9.17) is 0 Å². The largest absolute Gasteiger partial charge is 0.337 e. The standard InChI is InChI=1S/C10H13NOS2/c12-10-4-8(7-13)5-11(10)6-9-2-1-3-14-9/h1-3,8,13H,4-7H2. The molecule has 1 fully saturated rings. The summed E-state index contributed by atoms with van der Waals surface area (Å²) in [6, 6.07) is 4.10. The van der Waals surface area contributed by atoms with Crippen LogP contribution in [0.3, 0.4) is 0 Å². The van der Waals surface area contributed by atoms with Crippen molar-refractivity contribution in [2.24, 2.45) is 5.92 Å². The minimum atomic E-state index is 0.275. The highest BCUT2D eigenvalue weighted by molar-refractivity contribution is 7.80. The Labute approximate surface area is 93.3 Å². The van der Waals surface area contributed by atoms with E-state index >= 15 is 0 Å². The second-order valence-electron chi connectivity index (χ2n) is 3.61. The third-order valence-corrected chi connectivity index (χ3v) is 3.86. The van der Waals surface area contributed by atoms with E-state index in [1.165, 1.54) is 4.88 Å². The number of nitrogens with zero attached hydrogens (tertiary/aromatic N) is 1. The van der Waals surface area contributed by atoms with Crippen molar-refractivity contribution in [3.63, 3.8) is 0 Å². The molecule has 0 radical (unpaired) electrons. The van der Waals surface area contributed by atoms with Gasteiger partial charge in [0.25, 0.3) is 0 Å². The summed E-state index contributed by atoms with van der Waals surface area (Å²) in [6.07, 6.45) is 0.675. The summed E-state index contributed by atoms with van der Waals surface area (Å²) in [5.41, 5.74) is 0. The van der Waals surface area contributed by atoms with Gasteiger partial charge in [-0.05, 0) is 23.1 Å². The second-order valence-corrected chi connectivity index (χ2v) is 5.00. The van der Waals surface area contributed by atoms with Gasteiger partial charge in [-0.25, -0.2) is 0 Å². The van der Waals surface area contributed by atoms with Crippen LogP contribution in [0.5, 0.6) is 0 Å². The first-order valence-corrected chi connectivity index (χ1v) is 6.22. The zero-order valence-electron chi connectivity index (χ0n) is 7.85. The van der Waals surface area contributed by atoms with Crippen molar-refractivity contribution in [1.29, 1.82) is 0 Å². The summed E-state index contributed by atoms with van der Waals surface area (Å²) in [6.45, 7) is 1.65. The van der Waals surface area contributed by atoms with Crippen LogP contribution in [0.25, 0.3) is 0 Å². The average Bonchev–Trinajstić information content (AvgIpc) is 2.78. The van der Waals surface area contributed by atoms with Crippen LogP contribution in [0.1, 0.15) is 11.3 Å². The maximum atomic E-state index is 11.6. The van der Waals surface area contributed by atoms with Crippen LogP contribution in [-0.4, -0.2) is 23.1 Å². The molecule has 2 rings (SSSR count). The van der Waals surface area contributed by atoms with Crippen molar-refractivity contribution >= 4 is 29.9 Å². The van der Waals surface area contributed by atoms with Crippen molar-refractivity contribution in [2.75, 3.05) is 12.3 Å². The molecule has 0 N–H and O–H groups in total. The minimum absolute atomic E-state index is 0.275. The number of carbonyl (C=O) groups is 1. The number of carbonyl (C=O) groups excluding carboxylic acids is 1. The Morgan fingerprint density at radius 3 is 3.07 bits per heavy atom. The van der Waals surface area contributed by atoms with Crippen molar-refractivity contribution in [3.8, 4) is 0 Å². The molecule has 1 aliphatic heterocycles. The van der Waals surface area contributed by atoms with Gasteiger partial charge in [0, 0.05) is 17.8 Å². The Hall–Kier alpha value is -0.480. The van der Waals surface area contributed by atoms with Gasteiger partial charge in [0.2, 0.25) is 5.91 Å². The summed E-state index contributed by atoms with van der Waals surface area (Å²) < 4.78 is 0. The van der Waals surface area contributed by atoms with Gasteiger partial charge in [-0.1, -0.05) is 6.07 Å². The first-order chi connectivity index (χ1) is 6.79. The van der Waals surface area contributed by atoms with Crippen LogP contribution in [-0.2, 0) is 11.3 Å². The van der Waals surface area contributed by atoms with Crippen LogP contribution in [0, 0.1) is 5.92 Å².